The maximum Gasteiger partial charge on any atom is 0.268 e. The van der Waals surface area contributed by atoms with Crippen molar-refractivity contribution in [3.8, 4) is 5.75 Å². The van der Waals surface area contributed by atoms with Crippen LogP contribution in [-0.2, 0) is 9.59 Å². The number of nitrogens with one attached hydrogen (secondary N) is 1. The van der Waals surface area contributed by atoms with Crippen LogP contribution in [0, 0.1) is 0 Å². The molecule has 1 heterocycles. The fourth-order valence-electron chi connectivity index (χ4n) is 3.97. The molecule has 158 valence electrons. The molecule has 0 spiro atoms. The number of fused-ring (bicyclic) bond motifs is 1. The normalized spacial score (nSPS) is 15.4. The van der Waals surface area contributed by atoms with E-state index in [0.29, 0.717) is 18.0 Å². The molecule has 0 radical (unpaired) electrons. The van der Waals surface area contributed by atoms with Crippen molar-refractivity contribution in [3.63, 3.8) is 0 Å². The molecule has 5 nitrogen and oxygen atoms in total. The zero-order valence-electron chi connectivity index (χ0n) is 17.5. The van der Waals surface area contributed by atoms with Crippen LogP contribution in [0.15, 0.2) is 84.9 Å². The van der Waals surface area contributed by atoms with Gasteiger partial charge >= 0.3 is 0 Å². The van der Waals surface area contributed by atoms with Crippen molar-refractivity contribution in [3.05, 3.63) is 96.1 Å². The summed E-state index contributed by atoms with van der Waals surface area (Å²) in [6.45, 7) is 2.20. The molecule has 0 aromatic heterocycles. The van der Waals surface area contributed by atoms with Gasteiger partial charge < -0.3 is 10.1 Å². The van der Waals surface area contributed by atoms with E-state index < -0.39 is 6.10 Å². The van der Waals surface area contributed by atoms with Crippen molar-refractivity contribution in [2.24, 2.45) is 0 Å². The van der Waals surface area contributed by atoms with Gasteiger partial charge in [0.2, 0.25) is 5.91 Å². The fourth-order valence-corrected chi connectivity index (χ4v) is 3.97. The van der Waals surface area contributed by atoms with Gasteiger partial charge in [-0.1, -0.05) is 72.8 Å². The number of ether oxygens (including phenoxy) is 1. The van der Waals surface area contributed by atoms with E-state index in [1.165, 1.54) is 16.0 Å². The molecule has 31 heavy (non-hydrogen) atoms. The SMILES string of the molecule is CC1Oc2ccccc2N(CC(=O)NCCC(c2ccccc2)c2ccccc2)C1=O. The summed E-state index contributed by atoms with van der Waals surface area (Å²) in [5.74, 6) is 0.418. The molecule has 1 aliphatic heterocycles. The number of hydrogen-bond acceptors (Lipinski definition) is 3. The van der Waals surface area contributed by atoms with E-state index in [0.717, 1.165) is 6.42 Å². The highest BCUT2D eigenvalue weighted by molar-refractivity contribution is 6.03. The molecule has 1 N–H and O–H groups in total. The van der Waals surface area contributed by atoms with Crippen LogP contribution in [0.2, 0.25) is 0 Å². The second-order valence-electron chi connectivity index (χ2n) is 7.66. The minimum atomic E-state index is -0.608. The first-order chi connectivity index (χ1) is 15.1. The van der Waals surface area contributed by atoms with E-state index in [2.05, 4.69) is 29.6 Å². The van der Waals surface area contributed by atoms with Crippen LogP contribution >= 0.6 is 0 Å². The van der Waals surface area contributed by atoms with E-state index in [-0.39, 0.29) is 24.3 Å². The maximum absolute atomic E-state index is 12.7. The number of carbonyl (C=O) groups is 2. The summed E-state index contributed by atoms with van der Waals surface area (Å²) in [6.07, 6.45) is 0.160. The van der Waals surface area contributed by atoms with E-state index in [1.807, 2.05) is 54.6 Å². The van der Waals surface area contributed by atoms with Crippen LogP contribution in [0.25, 0.3) is 0 Å². The summed E-state index contributed by atoms with van der Waals surface area (Å²) < 4.78 is 5.64. The molecule has 0 bridgehead atoms. The third-order valence-corrected chi connectivity index (χ3v) is 5.53. The lowest BCUT2D eigenvalue weighted by molar-refractivity contribution is -0.128. The van der Waals surface area contributed by atoms with Crippen LogP contribution in [0.1, 0.15) is 30.4 Å². The summed E-state index contributed by atoms with van der Waals surface area (Å²) in [5, 5.41) is 2.99. The van der Waals surface area contributed by atoms with Gasteiger partial charge in [0.25, 0.3) is 5.91 Å². The molecule has 0 fully saturated rings. The summed E-state index contributed by atoms with van der Waals surface area (Å²) >= 11 is 0. The Kier molecular flexibility index (Phi) is 6.32. The third-order valence-electron chi connectivity index (χ3n) is 5.53. The lowest BCUT2D eigenvalue weighted by Gasteiger charge is -2.32. The van der Waals surface area contributed by atoms with E-state index in [1.54, 1.807) is 13.0 Å². The summed E-state index contributed by atoms with van der Waals surface area (Å²) in [6, 6.07) is 27.9. The first kappa shape index (κ1) is 20.7. The maximum atomic E-state index is 12.7. The number of anilines is 1. The van der Waals surface area contributed by atoms with Crippen LogP contribution in [-0.4, -0.2) is 31.0 Å². The average Bonchev–Trinajstić information content (AvgIpc) is 2.81. The highest BCUT2D eigenvalue weighted by Crippen LogP contribution is 2.33. The highest BCUT2D eigenvalue weighted by Gasteiger charge is 2.32. The topological polar surface area (TPSA) is 58.6 Å². The summed E-state index contributed by atoms with van der Waals surface area (Å²) in [4.78, 5) is 26.8. The summed E-state index contributed by atoms with van der Waals surface area (Å²) in [7, 11) is 0. The van der Waals surface area contributed by atoms with Crippen LogP contribution < -0.4 is 15.0 Å². The van der Waals surface area contributed by atoms with E-state index >= 15 is 0 Å². The molecule has 3 aromatic carbocycles. The molecule has 1 unspecified atom stereocenters. The number of amides is 2. The number of para-hydroxylation sites is 2. The smallest absolute Gasteiger partial charge is 0.268 e. The standard InChI is InChI=1S/C26H26N2O3/c1-19-26(30)28(23-14-8-9-15-24(23)31-19)18-25(29)27-17-16-22(20-10-4-2-5-11-20)21-12-6-3-7-13-21/h2-15,19,22H,16-18H2,1H3,(H,27,29). The van der Waals surface area contributed by atoms with Crippen LogP contribution in [0.5, 0.6) is 5.75 Å². The lowest BCUT2D eigenvalue weighted by Crippen LogP contribution is -2.48. The Hall–Kier alpha value is -3.60. The Morgan fingerprint density at radius 2 is 1.52 bits per heavy atom. The molecule has 0 aliphatic carbocycles. The molecule has 3 aromatic rings. The van der Waals surface area contributed by atoms with E-state index in [4.69, 9.17) is 4.74 Å². The molecule has 0 saturated heterocycles. The quantitative estimate of drug-likeness (QED) is 0.632. The molecule has 2 amide bonds. The molecule has 1 atom stereocenters. The molecular formula is C26H26N2O3. The van der Waals surface area contributed by atoms with Gasteiger partial charge in [0.15, 0.2) is 6.10 Å². The van der Waals surface area contributed by atoms with Gasteiger partial charge in [0, 0.05) is 12.5 Å². The molecule has 1 aliphatic rings. The molecular weight excluding hydrogens is 388 g/mol. The van der Waals surface area contributed by atoms with Crippen LogP contribution in [0.4, 0.5) is 5.69 Å². The Morgan fingerprint density at radius 1 is 0.935 bits per heavy atom. The predicted octanol–water partition coefficient (Wildman–Crippen LogP) is 4.14. The van der Waals surface area contributed by atoms with Crippen LogP contribution in [0.3, 0.4) is 0 Å². The second-order valence-corrected chi connectivity index (χ2v) is 7.66. The molecule has 4 rings (SSSR count). The molecule has 0 saturated carbocycles. The van der Waals surface area contributed by atoms with Crippen molar-refractivity contribution in [1.29, 1.82) is 0 Å². The number of rotatable bonds is 7. The van der Waals surface area contributed by atoms with Gasteiger partial charge in [-0.25, -0.2) is 0 Å². The minimum absolute atomic E-state index is 0.0229. The van der Waals surface area contributed by atoms with Gasteiger partial charge in [-0.05, 0) is 36.6 Å². The van der Waals surface area contributed by atoms with Crippen molar-refractivity contribution >= 4 is 17.5 Å². The Balaban J connectivity index is 1.41. The van der Waals surface area contributed by atoms with Gasteiger partial charge in [-0.15, -0.1) is 0 Å². The van der Waals surface area contributed by atoms with Gasteiger partial charge in [-0.3, -0.25) is 14.5 Å². The Labute approximate surface area is 182 Å². The summed E-state index contributed by atoms with van der Waals surface area (Å²) in [5.41, 5.74) is 3.07. The van der Waals surface area contributed by atoms with Crippen molar-refractivity contribution in [2.45, 2.75) is 25.4 Å². The number of nitrogens with zero attached hydrogens (tertiary/aromatic N) is 1. The number of carbonyl (C=O) groups excluding carboxylic acids is 2. The van der Waals surface area contributed by atoms with Gasteiger partial charge in [0.05, 0.1) is 5.69 Å². The number of hydrogen-bond donors (Lipinski definition) is 1. The predicted molar refractivity (Wildman–Crippen MR) is 121 cm³/mol. The first-order valence-corrected chi connectivity index (χ1v) is 10.6. The Bertz CT molecular complexity index is 997. The van der Waals surface area contributed by atoms with Crippen molar-refractivity contribution in [1.82, 2.24) is 5.32 Å². The van der Waals surface area contributed by atoms with E-state index in [9.17, 15) is 9.59 Å². The van der Waals surface area contributed by atoms with Gasteiger partial charge in [0.1, 0.15) is 12.3 Å². The van der Waals surface area contributed by atoms with Crippen molar-refractivity contribution in [2.75, 3.05) is 18.0 Å². The largest absolute Gasteiger partial charge is 0.479 e. The van der Waals surface area contributed by atoms with Gasteiger partial charge in [-0.2, -0.15) is 0 Å². The highest BCUT2D eigenvalue weighted by atomic mass is 16.5. The van der Waals surface area contributed by atoms with Crippen molar-refractivity contribution < 1.29 is 14.3 Å². The molecule has 5 heteroatoms. The first-order valence-electron chi connectivity index (χ1n) is 10.6. The zero-order valence-corrected chi connectivity index (χ0v) is 17.5. The third kappa shape index (κ3) is 4.77. The average molecular weight is 415 g/mol. The lowest BCUT2D eigenvalue weighted by atomic mass is 9.88. The monoisotopic (exact) mass is 414 g/mol. The fraction of sp³-hybridized carbons (Fsp3) is 0.231. The minimum Gasteiger partial charge on any atom is -0.479 e. The Morgan fingerprint density at radius 3 is 2.16 bits per heavy atom. The second kappa shape index (κ2) is 9.47. The number of benzene rings is 3. The zero-order chi connectivity index (χ0) is 21.6.